The van der Waals surface area contributed by atoms with Crippen molar-refractivity contribution in [2.75, 3.05) is 0 Å². The first-order valence-corrected chi connectivity index (χ1v) is 13.1. The highest BCUT2D eigenvalue weighted by atomic mass is 16.4. The smallest absolute Gasteiger partial charge is 0.307 e. The third-order valence-corrected chi connectivity index (χ3v) is 7.93. The van der Waals surface area contributed by atoms with Crippen molar-refractivity contribution in [2.45, 2.75) is 77.7 Å². The molecule has 36 heavy (non-hydrogen) atoms. The summed E-state index contributed by atoms with van der Waals surface area (Å²) >= 11 is 0. The third-order valence-electron chi connectivity index (χ3n) is 7.93. The van der Waals surface area contributed by atoms with E-state index in [1.807, 2.05) is 44.2 Å². The Bertz CT molecular complexity index is 1200. The highest BCUT2D eigenvalue weighted by Crippen LogP contribution is 2.40. The zero-order valence-electron chi connectivity index (χ0n) is 22.3. The minimum atomic E-state index is -0.821. The first kappa shape index (κ1) is 27.4. The second kappa shape index (κ2) is 11.7. The molecule has 3 rings (SSSR count). The summed E-state index contributed by atoms with van der Waals surface area (Å²) in [5.41, 5.74) is 6.85. The van der Waals surface area contributed by atoms with Crippen LogP contribution in [0.5, 0.6) is 0 Å². The van der Waals surface area contributed by atoms with E-state index in [9.17, 15) is 15.0 Å². The summed E-state index contributed by atoms with van der Waals surface area (Å²) in [6, 6.07) is 23.1. The van der Waals surface area contributed by atoms with Crippen molar-refractivity contribution in [3.8, 4) is 11.1 Å². The van der Waals surface area contributed by atoms with Crippen molar-refractivity contribution in [1.82, 2.24) is 0 Å². The largest absolute Gasteiger partial charge is 0.481 e. The molecule has 2 N–H and O–H groups in total. The molecule has 0 heterocycles. The summed E-state index contributed by atoms with van der Waals surface area (Å²) in [5, 5.41) is 19.9. The highest BCUT2D eigenvalue weighted by Gasteiger charge is 2.31. The Labute approximate surface area is 216 Å². The maximum Gasteiger partial charge on any atom is 0.307 e. The number of rotatable bonds is 11. The van der Waals surface area contributed by atoms with Crippen LogP contribution in [0.25, 0.3) is 17.2 Å². The predicted octanol–water partition coefficient (Wildman–Crippen LogP) is 7.96. The zero-order valence-corrected chi connectivity index (χ0v) is 22.3. The minimum absolute atomic E-state index is 0.0137. The molecule has 0 unspecified atom stereocenters. The lowest BCUT2D eigenvalue weighted by molar-refractivity contribution is -0.136. The molecular weight excluding hydrogens is 444 g/mol. The lowest BCUT2D eigenvalue weighted by Gasteiger charge is -2.34. The Morgan fingerprint density at radius 3 is 2.00 bits per heavy atom. The fraction of sp³-hybridized carbons (Fsp3) is 0.364. The summed E-state index contributed by atoms with van der Waals surface area (Å²) in [4.78, 5) is 11.3. The van der Waals surface area contributed by atoms with Crippen molar-refractivity contribution in [3.05, 3.63) is 101 Å². The molecule has 3 aromatic carbocycles. The summed E-state index contributed by atoms with van der Waals surface area (Å²) in [6.45, 7) is 10.6. The lowest BCUT2D eigenvalue weighted by atomic mass is 9.70. The van der Waals surface area contributed by atoms with Gasteiger partial charge in [0.15, 0.2) is 0 Å². The van der Waals surface area contributed by atoms with Crippen molar-refractivity contribution in [2.24, 2.45) is 0 Å². The van der Waals surface area contributed by atoms with E-state index in [0.717, 1.165) is 35.1 Å². The van der Waals surface area contributed by atoms with Crippen LogP contribution in [0.2, 0.25) is 0 Å². The van der Waals surface area contributed by atoms with E-state index in [1.54, 1.807) is 0 Å². The quantitative estimate of drug-likeness (QED) is 0.290. The summed E-state index contributed by atoms with van der Waals surface area (Å²) in [5.74, 6) is -0.821. The molecular formula is C33H40O3. The molecule has 0 aliphatic rings. The molecule has 0 atom stereocenters. The number of hydrogen-bond donors (Lipinski definition) is 2. The molecule has 3 nitrogen and oxygen atoms in total. The van der Waals surface area contributed by atoms with Crippen LogP contribution in [0.1, 0.15) is 81.2 Å². The van der Waals surface area contributed by atoms with Crippen molar-refractivity contribution in [3.63, 3.8) is 0 Å². The van der Waals surface area contributed by atoms with Crippen molar-refractivity contribution >= 4 is 12.0 Å². The Kier molecular flexibility index (Phi) is 8.92. The number of hydrogen-bond acceptors (Lipinski definition) is 2. The standard InChI is InChI=1S/C33H40O3/c1-6-32(36,7-2)21-20-25-14-19-29(22-24(25)5)33(8-3,9-4)28-17-15-26(16-18-28)30-13-11-10-12-27(30)23-31(34)35/h10-22,36H,6-9,23H2,1-5H3,(H,34,35)/b21-20+. The maximum absolute atomic E-state index is 11.3. The average Bonchev–Trinajstić information content (AvgIpc) is 2.89. The van der Waals surface area contributed by atoms with Crippen LogP contribution < -0.4 is 0 Å². The fourth-order valence-corrected chi connectivity index (χ4v) is 5.21. The number of aliphatic carboxylic acids is 1. The molecule has 3 aromatic rings. The summed E-state index contributed by atoms with van der Waals surface area (Å²) in [6.07, 6.45) is 7.33. The molecule has 0 aliphatic carbocycles. The van der Waals surface area contributed by atoms with E-state index in [1.165, 1.54) is 16.7 Å². The van der Waals surface area contributed by atoms with Crippen molar-refractivity contribution in [1.29, 1.82) is 0 Å². The SMILES string of the molecule is CCC(O)(/C=C/c1ccc(C(CC)(CC)c2ccc(-c3ccccc3CC(=O)O)cc2)cc1C)CC. The van der Waals surface area contributed by atoms with Crippen molar-refractivity contribution < 1.29 is 15.0 Å². The molecule has 0 aliphatic heterocycles. The number of carboxylic acids is 1. The molecule has 0 saturated heterocycles. The van der Waals surface area contributed by atoms with Gasteiger partial charge >= 0.3 is 5.97 Å². The Hall–Kier alpha value is -3.17. The molecule has 0 amide bonds. The van der Waals surface area contributed by atoms with Gasteiger partial charge in [0.05, 0.1) is 12.0 Å². The van der Waals surface area contributed by atoms with Crippen LogP contribution in [0, 0.1) is 6.92 Å². The minimum Gasteiger partial charge on any atom is -0.481 e. The molecule has 190 valence electrons. The number of carboxylic acid groups (broad SMARTS) is 1. The average molecular weight is 485 g/mol. The van der Waals surface area contributed by atoms with Crippen LogP contribution in [0.3, 0.4) is 0 Å². The topological polar surface area (TPSA) is 57.5 Å². The van der Waals surface area contributed by atoms with Gasteiger partial charge in [-0.25, -0.2) is 0 Å². The number of carbonyl (C=O) groups is 1. The third kappa shape index (κ3) is 5.79. The fourth-order valence-electron chi connectivity index (χ4n) is 5.21. The van der Waals surface area contributed by atoms with Gasteiger partial charge in [-0.15, -0.1) is 0 Å². The van der Waals surface area contributed by atoms with E-state index < -0.39 is 11.6 Å². The van der Waals surface area contributed by atoms with E-state index in [0.29, 0.717) is 12.8 Å². The zero-order chi connectivity index (χ0) is 26.3. The van der Waals surface area contributed by atoms with Gasteiger partial charge in [0.1, 0.15) is 0 Å². The molecule has 0 fully saturated rings. The Morgan fingerprint density at radius 2 is 1.44 bits per heavy atom. The van der Waals surface area contributed by atoms with Gasteiger partial charge in [-0.1, -0.05) is 107 Å². The molecule has 0 bridgehead atoms. The lowest BCUT2D eigenvalue weighted by Crippen LogP contribution is -2.26. The van der Waals surface area contributed by atoms with Gasteiger partial charge in [0.2, 0.25) is 0 Å². The molecule has 3 heteroatoms. The normalized spacial score (nSPS) is 12.3. The second-order valence-electron chi connectivity index (χ2n) is 9.81. The number of aryl methyl sites for hydroxylation is 1. The first-order chi connectivity index (χ1) is 17.2. The van der Waals surface area contributed by atoms with E-state index in [4.69, 9.17) is 0 Å². The van der Waals surface area contributed by atoms with Gasteiger partial charge in [-0.2, -0.15) is 0 Å². The summed E-state index contributed by atoms with van der Waals surface area (Å²) < 4.78 is 0. The van der Waals surface area contributed by atoms with Gasteiger partial charge in [-0.3, -0.25) is 4.79 Å². The highest BCUT2D eigenvalue weighted by molar-refractivity contribution is 5.76. The summed E-state index contributed by atoms with van der Waals surface area (Å²) in [7, 11) is 0. The predicted molar refractivity (Wildman–Crippen MR) is 150 cm³/mol. The molecule has 0 aromatic heterocycles. The van der Waals surface area contributed by atoms with E-state index >= 15 is 0 Å². The van der Waals surface area contributed by atoms with Gasteiger partial charge < -0.3 is 10.2 Å². The van der Waals surface area contributed by atoms with Crippen LogP contribution in [-0.4, -0.2) is 21.8 Å². The van der Waals surface area contributed by atoms with E-state index in [2.05, 4.69) is 69.3 Å². The molecule has 0 radical (unpaired) electrons. The van der Waals surface area contributed by atoms with Gasteiger partial charge in [0.25, 0.3) is 0 Å². The Balaban J connectivity index is 1.97. The second-order valence-corrected chi connectivity index (χ2v) is 9.81. The van der Waals surface area contributed by atoms with Gasteiger partial charge in [-0.05, 0) is 71.6 Å². The Morgan fingerprint density at radius 1 is 0.833 bits per heavy atom. The van der Waals surface area contributed by atoms with Crippen LogP contribution >= 0.6 is 0 Å². The maximum atomic E-state index is 11.3. The molecule has 0 spiro atoms. The number of benzene rings is 3. The van der Waals surface area contributed by atoms with Crippen LogP contribution in [0.4, 0.5) is 0 Å². The van der Waals surface area contributed by atoms with Crippen LogP contribution in [-0.2, 0) is 16.6 Å². The monoisotopic (exact) mass is 484 g/mol. The van der Waals surface area contributed by atoms with E-state index in [-0.39, 0.29) is 11.8 Å². The first-order valence-electron chi connectivity index (χ1n) is 13.1. The number of aliphatic hydroxyl groups is 1. The van der Waals surface area contributed by atoms with Crippen LogP contribution in [0.15, 0.2) is 72.8 Å². The molecule has 0 saturated carbocycles. The van der Waals surface area contributed by atoms with Gasteiger partial charge in [0, 0.05) is 5.41 Å².